The predicted octanol–water partition coefficient (Wildman–Crippen LogP) is 4.14. The van der Waals surface area contributed by atoms with Crippen molar-refractivity contribution in [2.45, 2.75) is 12.8 Å². The third-order valence-electron chi connectivity index (χ3n) is 2.72. The first kappa shape index (κ1) is 10.4. The second-order valence-corrected chi connectivity index (χ2v) is 4.07. The quantitative estimate of drug-likeness (QED) is 0.639. The van der Waals surface area contributed by atoms with Crippen molar-refractivity contribution in [3.63, 3.8) is 0 Å². The summed E-state index contributed by atoms with van der Waals surface area (Å²) in [6, 6.07) is 7.89. The highest BCUT2D eigenvalue weighted by molar-refractivity contribution is 6.17. The van der Waals surface area contributed by atoms with Crippen LogP contribution in [0.1, 0.15) is 11.5 Å². The summed E-state index contributed by atoms with van der Waals surface area (Å²) in [4.78, 5) is 4.33. The highest BCUT2D eigenvalue weighted by atomic mass is 35.5. The molecule has 0 atom stereocenters. The van der Waals surface area contributed by atoms with Gasteiger partial charge >= 0.3 is 0 Å². The maximum atomic E-state index is 5.77. The van der Waals surface area contributed by atoms with Crippen molar-refractivity contribution < 1.29 is 8.83 Å². The van der Waals surface area contributed by atoms with Gasteiger partial charge in [0, 0.05) is 10.8 Å². The van der Waals surface area contributed by atoms with Gasteiger partial charge in [-0.1, -0.05) is 24.3 Å². The van der Waals surface area contributed by atoms with Crippen LogP contribution in [0, 0.1) is 6.92 Å². The molecule has 0 N–H and O–H groups in total. The Bertz CT molecular complexity index is 669. The number of hydrogen-bond acceptors (Lipinski definition) is 3. The SMILES string of the molecule is Cc1oc(-c2occ3ccccc23)nc1CCl. The Hall–Kier alpha value is -1.74. The highest BCUT2D eigenvalue weighted by Crippen LogP contribution is 2.31. The zero-order valence-corrected chi connectivity index (χ0v) is 9.99. The molecule has 0 radical (unpaired) electrons. The zero-order chi connectivity index (χ0) is 11.8. The summed E-state index contributed by atoms with van der Waals surface area (Å²) < 4.78 is 11.1. The Morgan fingerprint density at radius 2 is 2.12 bits per heavy atom. The average Bonchev–Trinajstić information content (AvgIpc) is 2.92. The average molecular weight is 248 g/mol. The first-order valence-electron chi connectivity index (χ1n) is 5.28. The van der Waals surface area contributed by atoms with E-state index in [9.17, 15) is 0 Å². The molecule has 0 unspecified atom stereocenters. The van der Waals surface area contributed by atoms with Crippen LogP contribution in [0.5, 0.6) is 0 Å². The van der Waals surface area contributed by atoms with E-state index < -0.39 is 0 Å². The van der Waals surface area contributed by atoms with E-state index in [1.165, 1.54) is 0 Å². The van der Waals surface area contributed by atoms with Crippen molar-refractivity contribution >= 4 is 22.4 Å². The van der Waals surface area contributed by atoms with E-state index in [1.54, 1.807) is 6.26 Å². The standard InChI is InChI=1S/C13H10ClNO2/c1-8-11(6-14)15-13(17-8)12-10-5-3-2-4-9(10)7-16-12/h2-5,7H,6H2,1H3. The lowest BCUT2D eigenvalue weighted by molar-refractivity contribution is 0.502. The molecule has 0 amide bonds. The maximum Gasteiger partial charge on any atom is 0.263 e. The molecule has 3 nitrogen and oxygen atoms in total. The molecule has 3 rings (SSSR count). The molecular weight excluding hydrogens is 238 g/mol. The highest BCUT2D eigenvalue weighted by Gasteiger charge is 2.16. The van der Waals surface area contributed by atoms with Gasteiger partial charge in [-0.2, -0.15) is 0 Å². The summed E-state index contributed by atoms with van der Waals surface area (Å²) in [5.41, 5.74) is 0.752. The molecule has 1 aromatic carbocycles. The number of rotatable bonds is 2. The van der Waals surface area contributed by atoms with Crippen molar-refractivity contribution in [1.29, 1.82) is 0 Å². The molecule has 0 bridgehead atoms. The Morgan fingerprint density at radius 3 is 2.88 bits per heavy atom. The van der Waals surface area contributed by atoms with Crippen molar-refractivity contribution in [3.8, 4) is 11.7 Å². The fraction of sp³-hybridized carbons (Fsp3) is 0.154. The molecule has 0 fully saturated rings. The molecule has 0 saturated heterocycles. The van der Waals surface area contributed by atoms with Gasteiger partial charge in [-0.3, -0.25) is 0 Å². The smallest absolute Gasteiger partial charge is 0.263 e. The minimum atomic E-state index is 0.341. The van der Waals surface area contributed by atoms with Crippen LogP contribution in [0.3, 0.4) is 0 Å². The van der Waals surface area contributed by atoms with Gasteiger partial charge < -0.3 is 8.83 Å². The summed E-state index contributed by atoms with van der Waals surface area (Å²) >= 11 is 5.77. The number of benzene rings is 1. The number of halogens is 1. The molecule has 0 spiro atoms. The van der Waals surface area contributed by atoms with Gasteiger partial charge in [0.2, 0.25) is 0 Å². The lowest BCUT2D eigenvalue weighted by atomic mass is 10.2. The number of alkyl halides is 1. The number of hydrogen-bond donors (Lipinski definition) is 0. The number of nitrogens with zero attached hydrogens (tertiary/aromatic N) is 1. The number of fused-ring (bicyclic) bond motifs is 1. The molecule has 2 aromatic heterocycles. The van der Waals surface area contributed by atoms with Gasteiger partial charge in [0.05, 0.1) is 17.8 Å². The molecular formula is C13H10ClNO2. The summed E-state index contributed by atoms with van der Waals surface area (Å²) in [7, 11) is 0. The summed E-state index contributed by atoms with van der Waals surface area (Å²) in [6.45, 7) is 1.85. The Balaban J connectivity index is 2.20. The van der Waals surface area contributed by atoms with Crippen LogP contribution < -0.4 is 0 Å². The van der Waals surface area contributed by atoms with E-state index in [0.717, 1.165) is 22.2 Å². The van der Waals surface area contributed by atoms with Crippen LogP contribution in [-0.2, 0) is 5.88 Å². The predicted molar refractivity (Wildman–Crippen MR) is 66.0 cm³/mol. The second kappa shape index (κ2) is 3.93. The molecule has 17 heavy (non-hydrogen) atoms. The Kier molecular flexibility index (Phi) is 2.41. The van der Waals surface area contributed by atoms with Crippen LogP contribution in [0.15, 0.2) is 39.4 Å². The van der Waals surface area contributed by atoms with Crippen LogP contribution in [-0.4, -0.2) is 4.98 Å². The number of aromatic nitrogens is 1. The van der Waals surface area contributed by atoms with Crippen LogP contribution >= 0.6 is 11.6 Å². The van der Waals surface area contributed by atoms with E-state index in [2.05, 4.69) is 4.98 Å². The summed E-state index contributed by atoms with van der Waals surface area (Å²) in [5.74, 6) is 2.21. The maximum absolute atomic E-state index is 5.77. The van der Waals surface area contributed by atoms with Crippen molar-refractivity contribution in [1.82, 2.24) is 4.98 Å². The number of aryl methyl sites for hydroxylation is 1. The number of furan rings is 1. The second-order valence-electron chi connectivity index (χ2n) is 3.81. The molecule has 86 valence electrons. The molecule has 3 aromatic rings. The summed E-state index contributed by atoms with van der Waals surface area (Å²) in [6.07, 6.45) is 1.70. The zero-order valence-electron chi connectivity index (χ0n) is 9.24. The van der Waals surface area contributed by atoms with Gasteiger partial charge in [0.1, 0.15) is 5.76 Å². The fourth-order valence-corrected chi connectivity index (χ4v) is 2.06. The fourth-order valence-electron chi connectivity index (χ4n) is 1.81. The minimum absolute atomic E-state index is 0.341. The Morgan fingerprint density at radius 1 is 1.29 bits per heavy atom. The topological polar surface area (TPSA) is 39.2 Å². The van der Waals surface area contributed by atoms with E-state index >= 15 is 0 Å². The van der Waals surface area contributed by atoms with Crippen LogP contribution in [0.25, 0.3) is 22.4 Å². The molecule has 2 heterocycles. The van der Waals surface area contributed by atoms with Crippen LogP contribution in [0.4, 0.5) is 0 Å². The normalized spacial score (nSPS) is 11.2. The van der Waals surface area contributed by atoms with Gasteiger partial charge in [0.15, 0.2) is 5.76 Å². The first-order valence-corrected chi connectivity index (χ1v) is 5.82. The van der Waals surface area contributed by atoms with Crippen molar-refractivity contribution in [2.75, 3.05) is 0 Å². The van der Waals surface area contributed by atoms with Gasteiger partial charge in [-0.15, -0.1) is 11.6 Å². The van der Waals surface area contributed by atoms with Crippen molar-refractivity contribution in [2.24, 2.45) is 0 Å². The third kappa shape index (κ3) is 1.63. The molecule has 0 aliphatic carbocycles. The monoisotopic (exact) mass is 247 g/mol. The Labute approximate surface area is 103 Å². The molecule has 4 heteroatoms. The lowest BCUT2D eigenvalue weighted by Gasteiger charge is -1.90. The van der Waals surface area contributed by atoms with E-state index in [0.29, 0.717) is 17.5 Å². The van der Waals surface area contributed by atoms with Gasteiger partial charge in [0.25, 0.3) is 5.89 Å². The van der Waals surface area contributed by atoms with E-state index in [-0.39, 0.29) is 0 Å². The van der Waals surface area contributed by atoms with Gasteiger partial charge in [-0.25, -0.2) is 4.98 Å². The molecule has 0 aliphatic rings. The molecule has 0 saturated carbocycles. The minimum Gasteiger partial charge on any atom is -0.458 e. The van der Waals surface area contributed by atoms with Crippen molar-refractivity contribution in [3.05, 3.63) is 42.0 Å². The largest absolute Gasteiger partial charge is 0.458 e. The van der Waals surface area contributed by atoms with E-state index in [1.807, 2.05) is 31.2 Å². The first-order chi connectivity index (χ1) is 8.29. The third-order valence-corrected chi connectivity index (χ3v) is 2.98. The molecule has 0 aliphatic heterocycles. The number of oxazole rings is 1. The van der Waals surface area contributed by atoms with E-state index in [4.69, 9.17) is 20.4 Å². The van der Waals surface area contributed by atoms with Crippen LogP contribution in [0.2, 0.25) is 0 Å². The lowest BCUT2D eigenvalue weighted by Crippen LogP contribution is -1.80. The van der Waals surface area contributed by atoms with Gasteiger partial charge in [-0.05, 0) is 6.92 Å². The summed E-state index contributed by atoms with van der Waals surface area (Å²) in [5, 5.41) is 2.03.